The van der Waals surface area contributed by atoms with Crippen molar-refractivity contribution in [2.75, 3.05) is 13.1 Å². The fraction of sp³-hybridized carbons (Fsp3) is 0.444. The third kappa shape index (κ3) is 2.43. The van der Waals surface area contributed by atoms with E-state index in [1.54, 1.807) is 0 Å². The number of rotatable bonds is 3. The molecule has 2 aromatic rings. The summed E-state index contributed by atoms with van der Waals surface area (Å²) in [4.78, 5) is 14.8. The molecule has 0 atom stereocenters. The summed E-state index contributed by atoms with van der Waals surface area (Å²) in [6.45, 7) is 7.85. The molecule has 0 aliphatic carbocycles. The Morgan fingerprint density at radius 1 is 1.18 bits per heavy atom. The van der Waals surface area contributed by atoms with Gasteiger partial charge < -0.3 is 4.90 Å². The minimum atomic E-state index is 0.145. The highest BCUT2D eigenvalue weighted by Crippen LogP contribution is 2.24. The maximum absolute atomic E-state index is 12.8. The fourth-order valence-electron chi connectivity index (χ4n) is 3.26. The lowest BCUT2D eigenvalue weighted by atomic mass is 10.1. The Hall–Kier alpha value is -2.10. The quantitative estimate of drug-likeness (QED) is 0.872. The van der Waals surface area contributed by atoms with E-state index in [0.29, 0.717) is 0 Å². The van der Waals surface area contributed by atoms with Gasteiger partial charge in [0.2, 0.25) is 0 Å². The summed E-state index contributed by atoms with van der Waals surface area (Å²) < 4.78 is 1.95. The number of hydrogen-bond acceptors (Lipinski definition) is 2. The zero-order valence-corrected chi connectivity index (χ0v) is 13.6. The molecule has 4 nitrogen and oxygen atoms in total. The molecular weight excluding hydrogens is 274 g/mol. The lowest BCUT2D eigenvalue weighted by Gasteiger charge is -2.16. The first kappa shape index (κ1) is 14.8. The molecule has 1 aliphatic rings. The summed E-state index contributed by atoms with van der Waals surface area (Å²) >= 11 is 0. The van der Waals surface area contributed by atoms with Gasteiger partial charge >= 0.3 is 0 Å². The van der Waals surface area contributed by atoms with Crippen LogP contribution in [0.25, 0.3) is 5.69 Å². The molecule has 1 amide bonds. The fourth-order valence-corrected chi connectivity index (χ4v) is 3.26. The van der Waals surface area contributed by atoms with Crippen molar-refractivity contribution in [3.05, 3.63) is 46.8 Å². The van der Waals surface area contributed by atoms with Crippen molar-refractivity contribution in [3.63, 3.8) is 0 Å². The van der Waals surface area contributed by atoms with Crippen LogP contribution in [0, 0.1) is 13.8 Å². The van der Waals surface area contributed by atoms with Crippen LogP contribution in [0.3, 0.4) is 0 Å². The van der Waals surface area contributed by atoms with Gasteiger partial charge in [-0.05, 0) is 44.7 Å². The second kappa shape index (κ2) is 5.95. The first-order valence-corrected chi connectivity index (χ1v) is 8.07. The molecule has 1 fully saturated rings. The average Bonchev–Trinajstić information content (AvgIpc) is 3.14. The molecular formula is C18H23N3O. The third-order valence-corrected chi connectivity index (χ3v) is 4.44. The van der Waals surface area contributed by atoms with Gasteiger partial charge in [0, 0.05) is 13.1 Å². The number of likely N-dealkylation sites (tertiary alicyclic amines) is 1. The Morgan fingerprint density at radius 3 is 2.50 bits per heavy atom. The molecule has 1 aliphatic heterocycles. The molecule has 2 heterocycles. The molecule has 0 N–H and O–H groups in total. The van der Waals surface area contributed by atoms with Gasteiger partial charge in [-0.3, -0.25) is 4.79 Å². The van der Waals surface area contributed by atoms with E-state index in [-0.39, 0.29) is 5.91 Å². The first-order valence-electron chi connectivity index (χ1n) is 8.07. The Balaban J connectivity index is 2.09. The van der Waals surface area contributed by atoms with Gasteiger partial charge in [0.25, 0.3) is 5.91 Å². The number of carbonyl (C=O) groups excluding carboxylic acids is 1. The Bertz CT molecular complexity index is 696. The van der Waals surface area contributed by atoms with Gasteiger partial charge in [-0.2, -0.15) is 5.10 Å². The number of hydrogen-bond donors (Lipinski definition) is 0. The summed E-state index contributed by atoms with van der Waals surface area (Å²) in [6.07, 6.45) is 3.01. The number of nitrogens with zero attached hydrogens (tertiary/aromatic N) is 3. The first-order chi connectivity index (χ1) is 10.6. The van der Waals surface area contributed by atoms with Crippen molar-refractivity contribution in [1.82, 2.24) is 14.7 Å². The van der Waals surface area contributed by atoms with Crippen molar-refractivity contribution in [3.8, 4) is 5.69 Å². The van der Waals surface area contributed by atoms with Crippen molar-refractivity contribution in [1.29, 1.82) is 0 Å². The molecule has 116 valence electrons. The van der Waals surface area contributed by atoms with Gasteiger partial charge in [0.05, 0.1) is 22.6 Å². The molecule has 0 saturated carbocycles. The van der Waals surface area contributed by atoms with Gasteiger partial charge in [0.1, 0.15) is 0 Å². The van der Waals surface area contributed by atoms with E-state index < -0.39 is 0 Å². The minimum absolute atomic E-state index is 0.145. The van der Waals surface area contributed by atoms with Crippen LogP contribution in [-0.4, -0.2) is 33.7 Å². The molecule has 0 radical (unpaired) electrons. The molecule has 1 aromatic carbocycles. The number of carbonyl (C=O) groups is 1. The summed E-state index contributed by atoms with van der Waals surface area (Å²) in [5.41, 5.74) is 4.87. The summed E-state index contributed by atoms with van der Waals surface area (Å²) in [5.74, 6) is 0.145. The summed E-state index contributed by atoms with van der Waals surface area (Å²) in [5, 5.41) is 4.67. The van der Waals surface area contributed by atoms with E-state index in [2.05, 4.69) is 31.1 Å². The van der Waals surface area contributed by atoms with Crippen LogP contribution in [0.1, 0.15) is 47.1 Å². The number of aromatic nitrogens is 2. The van der Waals surface area contributed by atoms with Crippen molar-refractivity contribution in [2.45, 2.75) is 40.0 Å². The monoisotopic (exact) mass is 297 g/mol. The second-order valence-electron chi connectivity index (χ2n) is 5.96. The third-order valence-electron chi connectivity index (χ3n) is 4.44. The second-order valence-corrected chi connectivity index (χ2v) is 5.96. The minimum Gasteiger partial charge on any atom is -0.339 e. The number of benzene rings is 1. The number of amides is 1. The van der Waals surface area contributed by atoms with E-state index in [4.69, 9.17) is 0 Å². The molecule has 3 rings (SSSR count). The van der Waals surface area contributed by atoms with E-state index in [1.165, 1.54) is 5.56 Å². The Morgan fingerprint density at radius 2 is 1.86 bits per heavy atom. The van der Waals surface area contributed by atoms with Crippen molar-refractivity contribution >= 4 is 5.91 Å². The zero-order chi connectivity index (χ0) is 15.7. The maximum Gasteiger partial charge on any atom is 0.257 e. The number of aryl methyl sites for hydroxylation is 2. The van der Waals surface area contributed by atoms with E-state index in [0.717, 1.165) is 55.0 Å². The highest BCUT2D eigenvalue weighted by molar-refractivity contribution is 5.96. The highest BCUT2D eigenvalue weighted by atomic mass is 16.2. The van der Waals surface area contributed by atoms with E-state index in [9.17, 15) is 4.79 Å². The van der Waals surface area contributed by atoms with Gasteiger partial charge in [-0.1, -0.05) is 25.1 Å². The van der Waals surface area contributed by atoms with Crippen LogP contribution in [0.2, 0.25) is 0 Å². The van der Waals surface area contributed by atoms with Crippen molar-refractivity contribution in [2.24, 2.45) is 0 Å². The van der Waals surface area contributed by atoms with Crippen LogP contribution in [0.15, 0.2) is 24.3 Å². The van der Waals surface area contributed by atoms with Crippen LogP contribution in [0.5, 0.6) is 0 Å². The van der Waals surface area contributed by atoms with Crippen molar-refractivity contribution < 1.29 is 4.79 Å². The van der Waals surface area contributed by atoms with E-state index in [1.807, 2.05) is 28.6 Å². The Labute approximate surface area is 131 Å². The smallest absolute Gasteiger partial charge is 0.257 e. The van der Waals surface area contributed by atoms with Gasteiger partial charge in [-0.25, -0.2) is 4.68 Å². The molecule has 1 aromatic heterocycles. The van der Waals surface area contributed by atoms with Gasteiger partial charge in [-0.15, -0.1) is 0 Å². The Kier molecular flexibility index (Phi) is 4.01. The van der Waals surface area contributed by atoms with E-state index >= 15 is 0 Å². The zero-order valence-electron chi connectivity index (χ0n) is 13.6. The number of para-hydroxylation sites is 1. The molecule has 22 heavy (non-hydrogen) atoms. The van der Waals surface area contributed by atoms with Crippen LogP contribution < -0.4 is 0 Å². The molecule has 4 heteroatoms. The molecule has 0 spiro atoms. The predicted octanol–water partition coefficient (Wildman–Crippen LogP) is 3.29. The lowest BCUT2D eigenvalue weighted by Crippen LogP contribution is -2.28. The lowest BCUT2D eigenvalue weighted by molar-refractivity contribution is 0.0791. The standard InChI is InChI=1S/C18H23N3O/c1-4-15-17(18(22)20-11-7-8-12-20)14(3)19-21(15)16-10-6-5-9-13(16)2/h5-6,9-10H,4,7-8,11-12H2,1-3H3. The summed E-state index contributed by atoms with van der Waals surface area (Å²) in [6, 6.07) is 8.18. The molecule has 0 bridgehead atoms. The van der Waals surface area contributed by atoms with Crippen LogP contribution in [0.4, 0.5) is 0 Å². The SMILES string of the molecule is CCc1c(C(=O)N2CCCC2)c(C)nn1-c1ccccc1C. The van der Waals surface area contributed by atoms with Crippen LogP contribution in [-0.2, 0) is 6.42 Å². The van der Waals surface area contributed by atoms with Gasteiger partial charge in [0.15, 0.2) is 0 Å². The molecule has 1 saturated heterocycles. The topological polar surface area (TPSA) is 38.1 Å². The predicted molar refractivity (Wildman–Crippen MR) is 87.6 cm³/mol. The molecule has 0 unspecified atom stereocenters. The normalized spacial score (nSPS) is 14.6. The highest BCUT2D eigenvalue weighted by Gasteiger charge is 2.27. The average molecular weight is 297 g/mol. The largest absolute Gasteiger partial charge is 0.339 e. The van der Waals surface area contributed by atoms with Crippen LogP contribution >= 0.6 is 0 Å². The maximum atomic E-state index is 12.8. The summed E-state index contributed by atoms with van der Waals surface area (Å²) in [7, 11) is 0.